The van der Waals surface area contributed by atoms with E-state index in [1.807, 2.05) is 48.1 Å². The molecule has 0 amide bonds. The van der Waals surface area contributed by atoms with Gasteiger partial charge in [0.15, 0.2) is 5.96 Å². The Morgan fingerprint density at radius 2 is 1.89 bits per heavy atom. The Labute approximate surface area is 166 Å². The van der Waals surface area contributed by atoms with Crippen LogP contribution in [0.5, 0.6) is 0 Å². The lowest BCUT2D eigenvalue weighted by Gasteiger charge is -2.13. The summed E-state index contributed by atoms with van der Waals surface area (Å²) in [6.45, 7) is 8.33. The lowest BCUT2D eigenvalue weighted by molar-refractivity contribution is 0.783. The average molecular weight is 377 g/mol. The molecule has 146 valence electrons. The summed E-state index contributed by atoms with van der Waals surface area (Å²) in [6, 6.07) is 16.3. The minimum Gasteiger partial charge on any atom is -0.357 e. The summed E-state index contributed by atoms with van der Waals surface area (Å²) >= 11 is 0. The first-order valence-electron chi connectivity index (χ1n) is 9.71. The molecule has 2 N–H and O–H groups in total. The normalized spacial score (nSPS) is 11.5. The lowest BCUT2D eigenvalue weighted by Crippen LogP contribution is -2.38. The Morgan fingerprint density at radius 3 is 2.61 bits per heavy atom. The van der Waals surface area contributed by atoms with Gasteiger partial charge in [0.1, 0.15) is 0 Å². The van der Waals surface area contributed by atoms with E-state index in [0.717, 1.165) is 53.8 Å². The van der Waals surface area contributed by atoms with Crippen LogP contribution in [0, 0.1) is 13.8 Å². The van der Waals surface area contributed by atoms with Gasteiger partial charge in [-0.05, 0) is 50.6 Å². The van der Waals surface area contributed by atoms with Crippen LogP contribution in [0.1, 0.15) is 29.6 Å². The number of aryl methyl sites for hydroxylation is 2. The number of hydrogen-bond acceptors (Lipinski definition) is 3. The van der Waals surface area contributed by atoms with Crippen molar-refractivity contribution in [2.45, 2.75) is 33.7 Å². The van der Waals surface area contributed by atoms with E-state index in [-0.39, 0.29) is 0 Å². The fraction of sp³-hybridized carbons (Fsp3) is 0.318. The summed E-state index contributed by atoms with van der Waals surface area (Å²) in [5, 5.41) is 11.3. The zero-order valence-corrected chi connectivity index (χ0v) is 16.8. The topological polar surface area (TPSA) is 67.1 Å². The SMILES string of the molecule is CCNC(=NCc1ccccc1-n1nc(C)cc1C)NCCc1ccccn1. The predicted octanol–water partition coefficient (Wildman–Crippen LogP) is 3.18. The van der Waals surface area contributed by atoms with Crippen molar-refractivity contribution in [2.24, 2.45) is 4.99 Å². The number of nitrogens with zero attached hydrogens (tertiary/aromatic N) is 4. The molecule has 6 nitrogen and oxygen atoms in total. The molecule has 0 atom stereocenters. The number of aliphatic imine (C=N–C) groups is 1. The van der Waals surface area contributed by atoms with Crippen LogP contribution >= 0.6 is 0 Å². The molecule has 0 bridgehead atoms. The molecule has 0 spiro atoms. The highest BCUT2D eigenvalue weighted by molar-refractivity contribution is 5.79. The zero-order valence-electron chi connectivity index (χ0n) is 16.8. The van der Waals surface area contributed by atoms with Crippen molar-refractivity contribution in [3.8, 4) is 5.69 Å². The van der Waals surface area contributed by atoms with Crippen LogP contribution in [0.15, 0.2) is 59.7 Å². The first-order valence-corrected chi connectivity index (χ1v) is 9.71. The summed E-state index contributed by atoms with van der Waals surface area (Å²) in [4.78, 5) is 9.13. The van der Waals surface area contributed by atoms with Gasteiger partial charge in [-0.3, -0.25) is 4.98 Å². The Balaban J connectivity index is 1.70. The van der Waals surface area contributed by atoms with Gasteiger partial charge in [-0.1, -0.05) is 24.3 Å². The predicted molar refractivity (Wildman–Crippen MR) is 114 cm³/mol. The summed E-state index contributed by atoms with van der Waals surface area (Å²) in [5.74, 6) is 0.807. The van der Waals surface area contributed by atoms with Gasteiger partial charge in [0, 0.05) is 37.1 Å². The highest BCUT2D eigenvalue weighted by atomic mass is 15.3. The highest BCUT2D eigenvalue weighted by Crippen LogP contribution is 2.17. The number of hydrogen-bond donors (Lipinski definition) is 2. The van der Waals surface area contributed by atoms with Crippen LogP contribution in [0.3, 0.4) is 0 Å². The Hall–Kier alpha value is -3.15. The summed E-state index contributed by atoms with van der Waals surface area (Å²) in [6.07, 6.45) is 2.68. The Bertz CT molecular complexity index is 914. The molecular formula is C22H28N6. The third kappa shape index (κ3) is 5.19. The molecular weight excluding hydrogens is 348 g/mol. The molecule has 3 aromatic rings. The van der Waals surface area contributed by atoms with Gasteiger partial charge in [-0.25, -0.2) is 9.67 Å². The van der Waals surface area contributed by atoms with E-state index in [9.17, 15) is 0 Å². The smallest absolute Gasteiger partial charge is 0.191 e. The van der Waals surface area contributed by atoms with Crippen LogP contribution in [0.2, 0.25) is 0 Å². The van der Waals surface area contributed by atoms with Crippen molar-refractivity contribution in [1.82, 2.24) is 25.4 Å². The monoisotopic (exact) mass is 376 g/mol. The number of benzene rings is 1. The Morgan fingerprint density at radius 1 is 1.07 bits per heavy atom. The third-order valence-electron chi connectivity index (χ3n) is 4.38. The standard InChI is InChI=1S/C22H28N6/c1-4-23-22(25-14-12-20-10-7-8-13-24-20)26-16-19-9-5-6-11-21(19)28-18(3)15-17(2)27-28/h5-11,13,15H,4,12,14,16H2,1-3H3,(H2,23,25,26). The summed E-state index contributed by atoms with van der Waals surface area (Å²) < 4.78 is 1.99. The van der Waals surface area contributed by atoms with Crippen molar-refractivity contribution in [2.75, 3.05) is 13.1 Å². The van der Waals surface area contributed by atoms with E-state index in [0.29, 0.717) is 6.54 Å². The van der Waals surface area contributed by atoms with E-state index in [1.165, 1.54) is 0 Å². The highest BCUT2D eigenvalue weighted by Gasteiger charge is 2.08. The molecule has 0 saturated heterocycles. The number of aromatic nitrogens is 3. The van der Waals surface area contributed by atoms with Gasteiger partial charge in [-0.15, -0.1) is 0 Å². The fourth-order valence-corrected chi connectivity index (χ4v) is 3.08. The van der Waals surface area contributed by atoms with Crippen molar-refractivity contribution in [1.29, 1.82) is 0 Å². The molecule has 1 aromatic carbocycles. The average Bonchev–Trinajstić information content (AvgIpc) is 3.05. The minimum atomic E-state index is 0.577. The quantitative estimate of drug-likeness (QED) is 0.491. The van der Waals surface area contributed by atoms with Crippen LogP contribution in [0.25, 0.3) is 5.69 Å². The summed E-state index contributed by atoms with van der Waals surface area (Å²) in [7, 11) is 0. The minimum absolute atomic E-state index is 0.577. The van der Waals surface area contributed by atoms with E-state index >= 15 is 0 Å². The molecule has 2 aromatic heterocycles. The second kappa shape index (κ2) is 9.69. The molecule has 0 unspecified atom stereocenters. The molecule has 0 aliphatic heterocycles. The largest absolute Gasteiger partial charge is 0.357 e. The van der Waals surface area contributed by atoms with Gasteiger partial charge < -0.3 is 10.6 Å². The maximum Gasteiger partial charge on any atom is 0.191 e. The van der Waals surface area contributed by atoms with Crippen molar-refractivity contribution in [3.05, 3.63) is 77.4 Å². The van der Waals surface area contributed by atoms with E-state index in [4.69, 9.17) is 4.99 Å². The first-order chi connectivity index (χ1) is 13.7. The number of pyridine rings is 1. The molecule has 0 fully saturated rings. The maximum atomic E-state index is 4.77. The van der Waals surface area contributed by atoms with Crippen molar-refractivity contribution < 1.29 is 0 Å². The van der Waals surface area contributed by atoms with E-state index in [2.05, 4.69) is 52.8 Å². The third-order valence-corrected chi connectivity index (χ3v) is 4.38. The molecule has 28 heavy (non-hydrogen) atoms. The maximum absolute atomic E-state index is 4.77. The van der Waals surface area contributed by atoms with Gasteiger partial charge in [0.2, 0.25) is 0 Å². The second-order valence-corrected chi connectivity index (χ2v) is 6.66. The Kier molecular flexibility index (Phi) is 6.78. The van der Waals surface area contributed by atoms with Gasteiger partial charge in [0.05, 0.1) is 17.9 Å². The number of para-hydroxylation sites is 1. The van der Waals surface area contributed by atoms with E-state index < -0.39 is 0 Å². The number of guanidine groups is 1. The van der Waals surface area contributed by atoms with Gasteiger partial charge in [-0.2, -0.15) is 5.10 Å². The fourth-order valence-electron chi connectivity index (χ4n) is 3.08. The number of nitrogens with one attached hydrogen (secondary N) is 2. The molecule has 0 saturated carbocycles. The zero-order chi connectivity index (χ0) is 19.8. The summed E-state index contributed by atoms with van der Waals surface area (Å²) in [5.41, 5.74) is 5.41. The molecule has 0 radical (unpaired) electrons. The van der Waals surface area contributed by atoms with Gasteiger partial charge >= 0.3 is 0 Å². The van der Waals surface area contributed by atoms with Crippen molar-refractivity contribution in [3.63, 3.8) is 0 Å². The molecule has 0 aliphatic rings. The lowest BCUT2D eigenvalue weighted by atomic mass is 10.2. The van der Waals surface area contributed by atoms with Crippen molar-refractivity contribution >= 4 is 5.96 Å². The number of rotatable bonds is 7. The second-order valence-electron chi connectivity index (χ2n) is 6.66. The van der Waals surface area contributed by atoms with Crippen LogP contribution in [0.4, 0.5) is 0 Å². The van der Waals surface area contributed by atoms with Crippen LogP contribution in [-0.4, -0.2) is 33.8 Å². The molecule has 2 heterocycles. The van der Waals surface area contributed by atoms with Gasteiger partial charge in [0.25, 0.3) is 0 Å². The first kappa shape index (κ1) is 19.6. The van der Waals surface area contributed by atoms with E-state index in [1.54, 1.807) is 0 Å². The van der Waals surface area contributed by atoms with Crippen LogP contribution < -0.4 is 10.6 Å². The van der Waals surface area contributed by atoms with Crippen LogP contribution in [-0.2, 0) is 13.0 Å². The molecule has 0 aliphatic carbocycles. The molecule has 3 rings (SSSR count). The molecule has 6 heteroatoms.